The van der Waals surface area contributed by atoms with E-state index in [0.717, 1.165) is 35.5 Å². The summed E-state index contributed by atoms with van der Waals surface area (Å²) in [5.41, 5.74) is 1.46. The summed E-state index contributed by atoms with van der Waals surface area (Å²) in [4.78, 5) is 28.6. The molecule has 0 bridgehead atoms. The van der Waals surface area contributed by atoms with Crippen molar-refractivity contribution in [2.45, 2.75) is 129 Å². The fourth-order valence-corrected chi connectivity index (χ4v) is 31.6. The quantitative estimate of drug-likeness (QED) is 0.0722. The van der Waals surface area contributed by atoms with Gasteiger partial charge in [0, 0.05) is 0 Å². The van der Waals surface area contributed by atoms with Crippen LogP contribution < -0.4 is 0 Å². The molecule has 2 aromatic rings. The Balaban J connectivity index is 2.04. The van der Waals surface area contributed by atoms with Crippen LogP contribution in [0.3, 0.4) is 0 Å². The molecule has 0 spiro atoms. The maximum atomic E-state index is 14.3. The van der Waals surface area contributed by atoms with Crippen LogP contribution in [-0.2, 0) is 0 Å². The Kier molecular flexibility index (Phi) is 21.1. The van der Waals surface area contributed by atoms with E-state index < -0.39 is 15.6 Å². The summed E-state index contributed by atoms with van der Waals surface area (Å²) >= 11 is -4.12. The van der Waals surface area contributed by atoms with Crippen LogP contribution in [0.5, 0.6) is 0 Å². The molecular weight excluding hydrogens is 647 g/mol. The zero-order chi connectivity index (χ0) is 29.4. The summed E-state index contributed by atoms with van der Waals surface area (Å²) in [5, 5.41) is 0. The van der Waals surface area contributed by atoms with Gasteiger partial charge in [-0.3, -0.25) is 0 Å². The van der Waals surface area contributed by atoms with Gasteiger partial charge in [-0.05, 0) is 0 Å². The van der Waals surface area contributed by atoms with Crippen LogP contribution in [0, 0.1) is 0 Å². The number of rotatable bonds is 26. The van der Waals surface area contributed by atoms with Crippen molar-refractivity contribution in [3.05, 3.63) is 71.8 Å². The van der Waals surface area contributed by atoms with Gasteiger partial charge < -0.3 is 0 Å². The zero-order valence-corrected chi connectivity index (χ0v) is 30.5. The Labute approximate surface area is 261 Å². The van der Waals surface area contributed by atoms with Gasteiger partial charge in [-0.25, -0.2) is 0 Å². The average molecular weight is 704 g/mol. The third-order valence-corrected chi connectivity index (χ3v) is 34.8. The molecule has 0 aliphatic heterocycles. The molecule has 0 heterocycles. The molecule has 0 fully saturated rings. The van der Waals surface area contributed by atoms with Crippen LogP contribution in [0.15, 0.2) is 60.7 Å². The van der Waals surface area contributed by atoms with E-state index in [-0.39, 0.29) is 7.60 Å². The van der Waals surface area contributed by atoms with Gasteiger partial charge in [-0.1, -0.05) is 0 Å². The fraction of sp³-hybridized carbons (Fsp3) is 0.611. The van der Waals surface area contributed by atoms with Gasteiger partial charge in [0.1, 0.15) is 0 Å². The molecule has 0 amide bonds. The summed E-state index contributed by atoms with van der Waals surface area (Å²) in [5.74, 6) is 1.85. The van der Waals surface area contributed by atoms with E-state index in [4.69, 9.17) is 0 Å². The third kappa shape index (κ3) is 14.5. The molecule has 2 nitrogen and oxygen atoms in total. The standard InChI is InChI=1S/2C11H24S.2C7H5O.Sn/c2*1-2-3-4-5-6-7-8-9-10-11-12;2*8-6-7-4-2-1-3-5-7;/h2*12H,2-11H2,1H3;2*1-5H;/q;;;;+2/p-2. The van der Waals surface area contributed by atoms with E-state index in [0.29, 0.717) is 0 Å². The summed E-state index contributed by atoms with van der Waals surface area (Å²) in [6.07, 6.45) is 23.2. The maximum absolute atomic E-state index is 14.3. The predicted octanol–water partition coefficient (Wildman–Crippen LogP) is 11.8. The molecule has 0 aliphatic rings. The predicted molar refractivity (Wildman–Crippen MR) is 187 cm³/mol. The van der Waals surface area contributed by atoms with E-state index >= 15 is 0 Å². The van der Waals surface area contributed by atoms with Gasteiger partial charge in [-0.2, -0.15) is 0 Å². The Morgan fingerprint density at radius 1 is 0.463 bits per heavy atom. The van der Waals surface area contributed by atoms with Crippen LogP contribution in [0.2, 0.25) is 0 Å². The number of hydrogen-bond acceptors (Lipinski definition) is 4. The van der Waals surface area contributed by atoms with Gasteiger partial charge >= 0.3 is 263 Å². The van der Waals surface area contributed by atoms with Gasteiger partial charge in [0.15, 0.2) is 0 Å². The van der Waals surface area contributed by atoms with Crippen molar-refractivity contribution in [1.29, 1.82) is 0 Å². The third-order valence-electron chi connectivity index (χ3n) is 7.78. The fourth-order valence-electron chi connectivity index (χ4n) is 5.22. The molecule has 2 aromatic carbocycles. The summed E-state index contributed by atoms with van der Waals surface area (Å²) in [6, 6.07) is 19.3. The Hall–Kier alpha value is -0.721. The SMILES string of the molecule is CCCCCCCCCCC[S][Sn]([S]CCCCCCCCCCC)([C](=O)c1ccccc1)[C](=O)c1ccccc1. The number of carbonyl (C=O) groups excluding carboxylic acids is 2. The average Bonchev–Trinajstić information content (AvgIpc) is 3.02. The molecule has 0 N–H and O–H groups in total. The van der Waals surface area contributed by atoms with E-state index in [1.807, 2.05) is 60.7 Å². The molecule has 0 aliphatic carbocycles. The van der Waals surface area contributed by atoms with Crippen LogP contribution in [0.4, 0.5) is 0 Å². The van der Waals surface area contributed by atoms with Crippen molar-refractivity contribution in [2.75, 3.05) is 11.5 Å². The molecule has 0 saturated heterocycles. The number of benzene rings is 2. The van der Waals surface area contributed by atoms with Crippen molar-refractivity contribution in [2.24, 2.45) is 0 Å². The van der Waals surface area contributed by atoms with Crippen LogP contribution in [0.25, 0.3) is 0 Å². The van der Waals surface area contributed by atoms with E-state index in [1.54, 1.807) is 17.9 Å². The van der Waals surface area contributed by atoms with Gasteiger partial charge in [0.05, 0.1) is 0 Å². The number of carbonyl (C=O) groups is 2. The monoisotopic (exact) mass is 704 g/mol. The first kappa shape index (κ1) is 36.5. The zero-order valence-electron chi connectivity index (χ0n) is 26.0. The minimum absolute atomic E-state index is 0.163. The summed E-state index contributed by atoms with van der Waals surface area (Å²) in [6.45, 7) is 4.53. The first-order valence-corrected chi connectivity index (χ1v) is 28.4. The summed E-state index contributed by atoms with van der Waals surface area (Å²) in [7, 11) is 3.61. The molecule has 228 valence electrons. The minimum atomic E-state index is -4.12. The molecule has 0 radical (unpaired) electrons. The molecule has 0 atom stereocenters. The molecule has 0 unspecified atom stereocenters. The number of unbranched alkanes of at least 4 members (excludes halogenated alkanes) is 16. The van der Waals surface area contributed by atoms with E-state index in [2.05, 4.69) is 13.8 Å². The van der Waals surface area contributed by atoms with Crippen LogP contribution in [-0.4, -0.2) is 34.7 Å². The second-order valence-electron chi connectivity index (χ2n) is 11.4. The van der Waals surface area contributed by atoms with Crippen LogP contribution in [0.1, 0.15) is 150 Å². The van der Waals surface area contributed by atoms with Gasteiger partial charge in [-0.15, -0.1) is 0 Å². The Morgan fingerprint density at radius 2 is 0.756 bits per heavy atom. The summed E-state index contributed by atoms with van der Waals surface area (Å²) < 4.78 is 0.325. The molecule has 0 aromatic heterocycles. The molecular formula is C36H56O2S2Sn. The van der Waals surface area contributed by atoms with Gasteiger partial charge in [0.25, 0.3) is 0 Å². The Morgan fingerprint density at radius 3 is 1.07 bits per heavy atom. The topological polar surface area (TPSA) is 34.1 Å². The van der Waals surface area contributed by atoms with E-state index in [1.165, 1.54) is 103 Å². The first-order chi connectivity index (χ1) is 20.2. The first-order valence-electron chi connectivity index (χ1n) is 16.6. The van der Waals surface area contributed by atoms with Crippen molar-refractivity contribution < 1.29 is 9.59 Å². The second kappa shape index (κ2) is 23.7. The van der Waals surface area contributed by atoms with Crippen LogP contribution >= 0.6 is 17.9 Å². The normalized spacial score (nSPS) is 11.6. The van der Waals surface area contributed by atoms with Gasteiger partial charge in [0.2, 0.25) is 0 Å². The van der Waals surface area contributed by atoms with Crippen molar-refractivity contribution in [1.82, 2.24) is 0 Å². The molecule has 0 saturated carbocycles. The van der Waals surface area contributed by atoms with Crippen molar-refractivity contribution in [3.8, 4) is 0 Å². The number of hydrogen-bond donors (Lipinski definition) is 0. The van der Waals surface area contributed by atoms with Crippen molar-refractivity contribution >= 4 is 41.1 Å². The molecule has 5 heteroatoms. The van der Waals surface area contributed by atoms with Crippen molar-refractivity contribution in [3.63, 3.8) is 0 Å². The molecule has 41 heavy (non-hydrogen) atoms. The Bertz CT molecular complexity index is 858. The molecule has 2 rings (SSSR count). The second-order valence-corrected chi connectivity index (χ2v) is 33.8. The van der Waals surface area contributed by atoms with E-state index in [9.17, 15) is 9.59 Å².